The number of ketones is 1. The first-order chi connectivity index (χ1) is 10.1. The Morgan fingerprint density at radius 3 is 2.05 bits per heavy atom. The third-order valence-corrected chi connectivity index (χ3v) is 4.03. The number of Topliss-reactive ketones (excluding diaryl/α,β-unsaturated/α-hetero) is 1. The topological polar surface area (TPSA) is 78.2 Å². The van der Waals surface area contributed by atoms with Crippen LogP contribution in [0.5, 0.6) is 0 Å². The molecule has 1 aliphatic carbocycles. The summed E-state index contributed by atoms with van der Waals surface area (Å²) in [5.41, 5.74) is 1.79. The van der Waals surface area contributed by atoms with E-state index in [9.17, 15) is 9.59 Å². The van der Waals surface area contributed by atoms with E-state index < -0.39 is 5.97 Å². The monoisotopic (exact) mass is 287 g/mol. The second kappa shape index (κ2) is 7.16. The van der Waals surface area contributed by atoms with E-state index in [1.54, 1.807) is 24.3 Å². The number of carboxylic acid groups (broad SMARTS) is 1. The summed E-state index contributed by atoms with van der Waals surface area (Å²) in [7, 11) is 0. The van der Waals surface area contributed by atoms with Crippen LogP contribution in [0.4, 0.5) is 0 Å². The fourth-order valence-electron chi connectivity index (χ4n) is 2.85. The van der Waals surface area contributed by atoms with Crippen LogP contribution in [0.3, 0.4) is 0 Å². The van der Waals surface area contributed by atoms with Crippen LogP contribution in [0.1, 0.15) is 43.2 Å². The zero-order chi connectivity index (χ0) is 15.2. The Labute approximate surface area is 124 Å². The van der Waals surface area contributed by atoms with Crippen LogP contribution in [0, 0.1) is 11.3 Å². The second-order valence-corrected chi connectivity index (χ2v) is 5.74. The molecule has 0 amide bonds. The minimum absolute atomic E-state index is 0.00126. The smallest absolute Gasteiger partial charge is 0.307 e. The number of hydrogen-bond donors (Lipinski definition) is 2. The highest BCUT2D eigenvalue weighted by molar-refractivity contribution is 6.39. The van der Waals surface area contributed by atoms with Crippen molar-refractivity contribution in [2.75, 3.05) is 0 Å². The van der Waals surface area contributed by atoms with Crippen molar-refractivity contribution < 1.29 is 14.7 Å². The highest BCUT2D eigenvalue weighted by Gasteiger charge is 2.24. The first-order valence-corrected chi connectivity index (χ1v) is 7.47. The summed E-state index contributed by atoms with van der Waals surface area (Å²) in [6, 6.07) is 7.12. The molecular weight excluding hydrogens is 266 g/mol. The quantitative estimate of drug-likeness (QED) is 0.789. The Kier molecular flexibility index (Phi) is 5.26. The molecule has 0 aromatic heterocycles. The van der Waals surface area contributed by atoms with Crippen LogP contribution < -0.4 is 0 Å². The van der Waals surface area contributed by atoms with E-state index in [0.717, 1.165) is 36.8 Å². The molecule has 0 heterocycles. The minimum atomic E-state index is -0.858. The first kappa shape index (κ1) is 15.4. The standard InChI is InChI=1S/C17H21NO3/c18-15(17(21)14-4-2-1-3-5-14)10-12-6-8-13(9-7-12)11-16(19)20/h6-9,14,18H,1-5,10-11H2,(H,19,20). The van der Waals surface area contributed by atoms with Gasteiger partial charge >= 0.3 is 5.97 Å². The van der Waals surface area contributed by atoms with Gasteiger partial charge in [-0.15, -0.1) is 0 Å². The number of rotatable bonds is 6. The van der Waals surface area contributed by atoms with Crippen molar-refractivity contribution in [2.24, 2.45) is 5.92 Å². The maximum absolute atomic E-state index is 12.2. The lowest BCUT2D eigenvalue weighted by Gasteiger charge is -2.20. The molecule has 1 aromatic rings. The van der Waals surface area contributed by atoms with Crippen LogP contribution in [0.15, 0.2) is 24.3 Å². The first-order valence-electron chi connectivity index (χ1n) is 7.47. The van der Waals surface area contributed by atoms with Gasteiger partial charge < -0.3 is 10.5 Å². The molecular formula is C17H21NO3. The molecule has 4 nitrogen and oxygen atoms in total. The van der Waals surface area contributed by atoms with Crippen LogP contribution in [-0.2, 0) is 22.4 Å². The fraction of sp³-hybridized carbons (Fsp3) is 0.471. The van der Waals surface area contributed by atoms with Gasteiger partial charge in [0.05, 0.1) is 12.1 Å². The van der Waals surface area contributed by atoms with Gasteiger partial charge in [0, 0.05) is 12.3 Å². The molecule has 1 saturated carbocycles. The molecule has 1 fully saturated rings. The highest BCUT2D eigenvalue weighted by Crippen LogP contribution is 2.25. The van der Waals surface area contributed by atoms with Crippen LogP contribution in [0.25, 0.3) is 0 Å². The molecule has 1 aromatic carbocycles. The van der Waals surface area contributed by atoms with Gasteiger partial charge in [0.25, 0.3) is 0 Å². The average molecular weight is 287 g/mol. The van der Waals surface area contributed by atoms with Gasteiger partial charge in [-0.1, -0.05) is 43.5 Å². The average Bonchev–Trinajstić information content (AvgIpc) is 2.49. The Balaban J connectivity index is 1.92. The number of carboxylic acids is 1. The fourth-order valence-corrected chi connectivity index (χ4v) is 2.85. The largest absolute Gasteiger partial charge is 0.481 e. The molecule has 0 aliphatic heterocycles. The van der Waals surface area contributed by atoms with Crippen molar-refractivity contribution in [3.05, 3.63) is 35.4 Å². The number of carbonyl (C=O) groups is 2. The van der Waals surface area contributed by atoms with Gasteiger partial charge in [-0.3, -0.25) is 9.59 Å². The van der Waals surface area contributed by atoms with Crippen molar-refractivity contribution >= 4 is 17.5 Å². The van der Waals surface area contributed by atoms with Gasteiger partial charge in [0.1, 0.15) is 0 Å². The SMILES string of the molecule is N=C(Cc1ccc(CC(=O)O)cc1)C(=O)C1CCCCC1. The summed E-state index contributed by atoms with van der Waals surface area (Å²) in [6.45, 7) is 0. The molecule has 21 heavy (non-hydrogen) atoms. The van der Waals surface area contributed by atoms with Crippen molar-refractivity contribution in [2.45, 2.75) is 44.9 Å². The molecule has 0 atom stereocenters. The van der Waals surface area contributed by atoms with Crippen molar-refractivity contribution in [1.82, 2.24) is 0 Å². The molecule has 1 aliphatic rings. The van der Waals surface area contributed by atoms with Gasteiger partial charge in [-0.25, -0.2) is 0 Å². The number of carbonyl (C=O) groups excluding carboxylic acids is 1. The summed E-state index contributed by atoms with van der Waals surface area (Å²) < 4.78 is 0. The third kappa shape index (κ3) is 4.52. The van der Waals surface area contributed by atoms with E-state index in [2.05, 4.69) is 0 Å². The Hall–Kier alpha value is -1.97. The van der Waals surface area contributed by atoms with Crippen LogP contribution in [0.2, 0.25) is 0 Å². The summed E-state index contributed by atoms with van der Waals surface area (Å²) in [6.07, 6.45) is 5.54. The molecule has 112 valence electrons. The van der Waals surface area contributed by atoms with Gasteiger partial charge in [-0.2, -0.15) is 0 Å². The van der Waals surface area contributed by atoms with E-state index >= 15 is 0 Å². The zero-order valence-corrected chi connectivity index (χ0v) is 12.1. The zero-order valence-electron chi connectivity index (χ0n) is 12.1. The summed E-state index contributed by atoms with van der Waals surface area (Å²) >= 11 is 0. The van der Waals surface area contributed by atoms with E-state index in [1.807, 2.05) is 0 Å². The summed E-state index contributed by atoms with van der Waals surface area (Å²) in [5.74, 6) is -0.829. The number of hydrogen-bond acceptors (Lipinski definition) is 3. The molecule has 0 saturated heterocycles. The molecule has 0 radical (unpaired) electrons. The van der Waals surface area contributed by atoms with Gasteiger partial charge in [0.2, 0.25) is 0 Å². The molecule has 0 unspecified atom stereocenters. The second-order valence-electron chi connectivity index (χ2n) is 5.74. The normalized spacial score (nSPS) is 15.6. The van der Waals surface area contributed by atoms with Gasteiger partial charge in [-0.05, 0) is 24.0 Å². The minimum Gasteiger partial charge on any atom is -0.481 e. The number of nitrogens with one attached hydrogen (secondary N) is 1. The Morgan fingerprint density at radius 2 is 1.52 bits per heavy atom. The van der Waals surface area contributed by atoms with Gasteiger partial charge in [0.15, 0.2) is 5.78 Å². The van der Waals surface area contributed by atoms with Crippen molar-refractivity contribution in [1.29, 1.82) is 5.41 Å². The summed E-state index contributed by atoms with van der Waals surface area (Å²) in [5, 5.41) is 16.7. The predicted octanol–water partition coefficient (Wildman–Crippen LogP) is 3.03. The van der Waals surface area contributed by atoms with E-state index in [-0.39, 0.29) is 23.8 Å². The molecule has 0 spiro atoms. The van der Waals surface area contributed by atoms with Crippen molar-refractivity contribution in [3.8, 4) is 0 Å². The molecule has 2 rings (SSSR count). The molecule has 2 N–H and O–H groups in total. The van der Waals surface area contributed by atoms with E-state index in [0.29, 0.717) is 6.42 Å². The number of aliphatic carboxylic acids is 1. The number of benzene rings is 1. The lowest BCUT2D eigenvalue weighted by molar-refractivity contribution is -0.136. The van der Waals surface area contributed by atoms with E-state index in [1.165, 1.54) is 6.42 Å². The molecule has 0 bridgehead atoms. The van der Waals surface area contributed by atoms with E-state index in [4.69, 9.17) is 10.5 Å². The van der Waals surface area contributed by atoms with Crippen LogP contribution in [-0.4, -0.2) is 22.6 Å². The lowest BCUT2D eigenvalue weighted by Crippen LogP contribution is -2.26. The lowest BCUT2D eigenvalue weighted by atomic mass is 9.83. The third-order valence-electron chi connectivity index (χ3n) is 4.03. The Bertz CT molecular complexity index is 527. The predicted molar refractivity (Wildman–Crippen MR) is 80.8 cm³/mol. The Morgan fingerprint density at radius 1 is 1.00 bits per heavy atom. The highest BCUT2D eigenvalue weighted by atomic mass is 16.4. The van der Waals surface area contributed by atoms with Crippen molar-refractivity contribution in [3.63, 3.8) is 0 Å². The maximum atomic E-state index is 12.2. The van der Waals surface area contributed by atoms with Crippen LogP contribution >= 0.6 is 0 Å². The maximum Gasteiger partial charge on any atom is 0.307 e. The molecule has 4 heteroatoms. The summed E-state index contributed by atoms with van der Waals surface area (Å²) in [4.78, 5) is 22.8.